The van der Waals surface area contributed by atoms with Crippen LogP contribution >= 0.6 is 0 Å². The third-order valence-electron chi connectivity index (χ3n) is 4.22. The Kier molecular flexibility index (Phi) is 5.78. The molecule has 1 aromatic rings. The molecule has 0 radical (unpaired) electrons. The van der Waals surface area contributed by atoms with Gasteiger partial charge in [0, 0.05) is 5.56 Å². The lowest BCUT2D eigenvalue weighted by molar-refractivity contribution is 0.0924. The Morgan fingerprint density at radius 1 is 1.00 bits per heavy atom. The zero-order valence-electron chi connectivity index (χ0n) is 12.9. The van der Waals surface area contributed by atoms with Crippen molar-refractivity contribution in [3.05, 3.63) is 35.4 Å². The largest absolute Gasteiger partial charge is 0.296 e. The summed E-state index contributed by atoms with van der Waals surface area (Å²) >= 11 is 0. The number of carbonyl (C=O) groups excluding carboxylic acids is 1. The maximum atomic E-state index is 12.4. The predicted octanol–water partition coefficient (Wildman–Crippen LogP) is 4.26. The van der Waals surface area contributed by atoms with Crippen LogP contribution in [0.25, 0.3) is 0 Å². The number of nitrogens with zero attached hydrogens (tertiary/aromatic N) is 1. The Bertz CT molecular complexity index is 414. The number of Topliss-reactive ketones (excluding diaryl/α,β-unsaturated/α-hetero) is 1. The second-order valence-electron chi connectivity index (χ2n) is 6.24. The second kappa shape index (κ2) is 7.58. The van der Waals surface area contributed by atoms with E-state index in [-0.39, 0.29) is 5.78 Å². The Morgan fingerprint density at radius 2 is 1.55 bits per heavy atom. The topological polar surface area (TPSA) is 20.3 Å². The van der Waals surface area contributed by atoms with Crippen LogP contribution in [0.3, 0.4) is 0 Å². The van der Waals surface area contributed by atoms with Crippen molar-refractivity contribution in [3.63, 3.8) is 0 Å². The van der Waals surface area contributed by atoms with E-state index in [1.807, 2.05) is 12.1 Å². The molecular formula is C18H27NO. The van der Waals surface area contributed by atoms with Crippen molar-refractivity contribution in [2.45, 2.75) is 51.9 Å². The van der Waals surface area contributed by atoms with Crippen LogP contribution in [0.15, 0.2) is 24.3 Å². The number of rotatable bonds is 4. The molecule has 2 rings (SSSR count). The molecule has 0 aromatic heterocycles. The summed E-state index contributed by atoms with van der Waals surface area (Å²) < 4.78 is 0. The van der Waals surface area contributed by atoms with E-state index in [4.69, 9.17) is 0 Å². The first-order chi connectivity index (χ1) is 9.66. The molecule has 0 spiro atoms. The molecule has 0 unspecified atom stereocenters. The monoisotopic (exact) mass is 273 g/mol. The third kappa shape index (κ3) is 4.45. The smallest absolute Gasteiger partial charge is 0.176 e. The van der Waals surface area contributed by atoms with Crippen LogP contribution in [-0.4, -0.2) is 30.3 Å². The number of ketones is 1. The fourth-order valence-electron chi connectivity index (χ4n) is 2.82. The summed E-state index contributed by atoms with van der Waals surface area (Å²) in [5, 5.41) is 0. The third-order valence-corrected chi connectivity index (χ3v) is 4.22. The summed E-state index contributed by atoms with van der Waals surface area (Å²) in [6.07, 6.45) is 6.46. The zero-order valence-corrected chi connectivity index (χ0v) is 12.9. The van der Waals surface area contributed by atoms with E-state index in [0.717, 1.165) is 18.7 Å². The molecule has 20 heavy (non-hydrogen) atoms. The Morgan fingerprint density at radius 3 is 2.10 bits per heavy atom. The van der Waals surface area contributed by atoms with Gasteiger partial charge in [0.1, 0.15) is 0 Å². The lowest BCUT2D eigenvalue weighted by Crippen LogP contribution is -2.32. The first kappa shape index (κ1) is 15.2. The van der Waals surface area contributed by atoms with Crippen LogP contribution < -0.4 is 0 Å². The van der Waals surface area contributed by atoms with Gasteiger partial charge < -0.3 is 0 Å². The molecule has 1 saturated heterocycles. The van der Waals surface area contributed by atoms with Gasteiger partial charge in [-0.25, -0.2) is 0 Å². The highest BCUT2D eigenvalue weighted by molar-refractivity contribution is 5.97. The van der Waals surface area contributed by atoms with Gasteiger partial charge in [-0.2, -0.15) is 0 Å². The van der Waals surface area contributed by atoms with Gasteiger partial charge in [0.25, 0.3) is 0 Å². The fourth-order valence-corrected chi connectivity index (χ4v) is 2.82. The summed E-state index contributed by atoms with van der Waals surface area (Å²) in [5.41, 5.74) is 2.16. The van der Waals surface area contributed by atoms with Crippen molar-refractivity contribution < 1.29 is 4.79 Å². The predicted molar refractivity (Wildman–Crippen MR) is 84.4 cm³/mol. The molecule has 1 aliphatic rings. The molecule has 0 aliphatic carbocycles. The fraction of sp³-hybridized carbons (Fsp3) is 0.611. The Balaban J connectivity index is 1.92. The van der Waals surface area contributed by atoms with E-state index in [0.29, 0.717) is 12.5 Å². The quantitative estimate of drug-likeness (QED) is 0.764. The highest BCUT2D eigenvalue weighted by Crippen LogP contribution is 2.16. The van der Waals surface area contributed by atoms with Crippen LogP contribution in [0.5, 0.6) is 0 Å². The van der Waals surface area contributed by atoms with E-state index >= 15 is 0 Å². The van der Waals surface area contributed by atoms with Crippen molar-refractivity contribution in [3.8, 4) is 0 Å². The van der Waals surface area contributed by atoms with Crippen molar-refractivity contribution >= 4 is 5.78 Å². The molecule has 0 N–H and O–H groups in total. The second-order valence-corrected chi connectivity index (χ2v) is 6.24. The molecular weight excluding hydrogens is 246 g/mol. The van der Waals surface area contributed by atoms with E-state index in [9.17, 15) is 4.79 Å². The van der Waals surface area contributed by atoms with Gasteiger partial charge in [-0.15, -0.1) is 0 Å². The highest BCUT2D eigenvalue weighted by atomic mass is 16.1. The lowest BCUT2D eigenvalue weighted by Gasteiger charge is -2.23. The average Bonchev–Trinajstić information content (AvgIpc) is 2.41. The highest BCUT2D eigenvalue weighted by Gasteiger charge is 2.14. The van der Waals surface area contributed by atoms with Gasteiger partial charge in [-0.05, 0) is 37.4 Å². The van der Waals surface area contributed by atoms with Gasteiger partial charge in [0.15, 0.2) is 5.78 Å². The molecule has 1 heterocycles. The van der Waals surface area contributed by atoms with Crippen LogP contribution in [-0.2, 0) is 0 Å². The Labute approximate surface area is 123 Å². The van der Waals surface area contributed by atoms with E-state index in [1.165, 1.54) is 37.7 Å². The maximum Gasteiger partial charge on any atom is 0.176 e. The summed E-state index contributed by atoms with van der Waals surface area (Å²) in [5.74, 6) is 0.786. The maximum absolute atomic E-state index is 12.4. The van der Waals surface area contributed by atoms with Gasteiger partial charge in [0.05, 0.1) is 6.54 Å². The lowest BCUT2D eigenvalue weighted by atomic mass is 10.00. The molecule has 0 bridgehead atoms. The number of carbonyl (C=O) groups is 1. The molecule has 2 heteroatoms. The summed E-state index contributed by atoms with van der Waals surface area (Å²) in [6.45, 7) is 7.10. The first-order valence-electron chi connectivity index (χ1n) is 8.02. The summed E-state index contributed by atoms with van der Waals surface area (Å²) in [7, 11) is 0. The van der Waals surface area contributed by atoms with E-state index in [1.54, 1.807) is 0 Å². The van der Waals surface area contributed by atoms with Gasteiger partial charge in [0.2, 0.25) is 0 Å². The molecule has 1 aromatic carbocycles. The van der Waals surface area contributed by atoms with Gasteiger partial charge in [-0.3, -0.25) is 9.69 Å². The molecule has 1 aliphatic heterocycles. The molecule has 0 atom stereocenters. The minimum atomic E-state index is 0.265. The number of benzene rings is 1. The summed E-state index contributed by atoms with van der Waals surface area (Å²) in [4.78, 5) is 14.7. The Hall–Kier alpha value is -1.15. The number of likely N-dealkylation sites (tertiary alicyclic amines) is 1. The van der Waals surface area contributed by atoms with Crippen molar-refractivity contribution in [1.29, 1.82) is 0 Å². The number of hydrogen-bond acceptors (Lipinski definition) is 2. The molecule has 0 saturated carbocycles. The van der Waals surface area contributed by atoms with Crippen LogP contribution in [0.1, 0.15) is 67.8 Å². The average molecular weight is 273 g/mol. The molecule has 110 valence electrons. The van der Waals surface area contributed by atoms with Crippen molar-refractivity contribution in [1.82, 2.24) is 4.90 Å². The molecule has 1 fully saturated rings. The normalized spacial score (nSPS) is 17.8. The van der Waals surface area contributed by atoms with Crippen molar-refractivity contribution in [2.24, 2.45) is 0 Å². The van der Waals surface area contributed by atoms with Gasteiger partial charge >= 0.3 is 0 Å². The van der Waals surface area contributed by atoms with Crippen LogP contribution in [0.4, 0.5) is 0 Å². The van der Waals surface area contributed by atoms with Crippen molar-refractivity contribution in [2.75, 3.05) is 19.6 Å². The van der Waals surface area contributed by atoms with Crippen LogP contribution in [0.2, 0.25) is 0 Å². The minimum Gasteiger partial charge on any atom is -0.296 e. The first-order valence-corrected chi connectivity index (χ1v) is 8.02. The number of hydrogen-bond donors (Lipinski definition) is 0. The zero-order chi connectivity index (χ0) is 14.4. The SMILES string of the molecule is CC(C)c1ccc(C(=O)CN2CCCCCCC2)cc1. The van der Waals surface area contributed by atoms with E-state index < -0.39 is 0 Å². The summed E-state index contributed by atoms with van der Waals surface area (Å²) in [6, 6.07) is 8.15. The molecule has 0 amide bonds. The van der Waals surface area contributed by atoms with Gasteiger partial charge in [-0.1, -0.05) is 57.4 Å². The van der Waals surface area contributed by atoms with Crippen LogP contribution in [0, 0.1) is 0 Å². The van der Waals surface area contributed by atoms with E-state index in [2.05, 4.69) is 30.9 Å². The standard InChI is InChI=1S/C18H27NO/c1-15(2)16-8-10-17(11-9-16)18(20)14-19-12-6-4-3-5-7-13-19/h8-11,15H,3-7,12-14H2,1-2H3. The minimum absolute atomic E-state index is 0.265. The molecule has 2 nitrogen and oxygen atoms in total.